The molecule has 0 aliphatic carbocycles. The van der Waals surface area contributed by atoms with Gasteiger partial charge in [-0.3, -0.25) is 0 Å². The zero-order chi connectivity index (χ0) is 12.8. The van der Waals surface area contributed by atoms with E-state index < -0.39 is 17.7 Å². The smallest absolute Gasteiger partial charge is 0.159 e. The van der Waals surface area contributed by atoms with Gasteiger partial charge in [0.25, 0.3) is 0 Å². The summed E-state index contributed by atoms with van der Waals surface area (Å²) in [6.45, 7) is 2.12. The first-order valence-corrected chi connectivity index (χ1v) is 5.41. The van der Waals surface area contributed by atoms with Crippen LogP contribution in [0.4, 0.5) is 8.78 Å². The number of aliphatic hydroxyl groups is 1. The van der Waals surface area contributed by atoms with Crippen molar-refractivity contribution in [2.75, 3.05) is 6.54 Å². The molecule has 0 saturated carbocycles. The van der Waals surface area contributed by atoms with Crippen LogP contribution in [0, 0.1) is 24.0 Å². The van der Waals surface area contributed by atoms with Gasteiger partial charge in [0.2, 0.25) is 0 Å². The number of hydrogen-bond donors (Lipinski definition) is 2. The van der Waals surface area contributed by atoms with E-state index in [9.17, 15) is 13.9 Å². The largest absolute Gasteiger partial charge is 0.387 e. The molecule has 92 valence electrons. The molecule has 1 aromatic carbocycles. The highest BCUT2D eigenvalue weighted by Crippen LogP contribution is 2.15. The van der Waals surface area contributed by atoms with Crippen LogP contribution < -0.4 is 5.32 Å². The molecule has 2 atom stereocenters. The van der Waals surface area contributed by atoms with Crippen molar-refractivity contribution >= 4 is 0 Å². The Bertz CT molecular complexity index is 414. The van der Waals surface area contributed by atoms with E-state index in [0.29, 0.717) is 5.56 Å². The summed E-state index contributed by atoms with van der Waals surface area (Å²) in [7, 11) is 0. The van der Waals surface area contributed by atoms with Crippen molar-refractivity contribution in [1.82, 2.24) is 5.32 Å². The molecular formula is C13H15F2NO. The summed E-state index contributed by atoms with van der Waals surface area (Å²) in [6, 6.07) is 3.20. The molecule has 0 saturated heterocycles. The topological polar surface area (TPSA) is 32.3 Å². The Morgan fingerprint density at radius 2 is 2.12 bits per heavy atom. The van der Waals surface area contributed by atoms with E-state index in [1.54, 1.807) is 0 Å². The van der Waals surface area contributed by atoms with Gasteiger partial charge in [0.15, 0.2) is 11.6 Å². The minimum atomic E-state index is -0.967. The minimum absolute atomic E-state index is 0.130. The molecule has 2 nitrogen and oxygen atoms in total. The van der Waals surface area contributed by atoms with Crippen LogP contribution >= 0.6 is 0 Å². The highest BCUT2D eigenvalue weighted by atomic mass is 19.2. The van der Waals surface area contributed by atoms with Crippen molar-refractivity contribution in [1.29, 1.82) is 0 Å². The molecule has 2 N–H and O–H groups in total. The first kappa shape index (κ1) is 13.6. The number of halogens is 2. The Balaban J connectivity index is 2.61. The zero-order valence-electron chi connectivity index (χ0n) is 9.58. The van der Waals surface area contributed by atoms with Gasteiger partial charge >= 0.3 is 0 Å². The molecule has 0 fully saturated rings. The van der Waals surface area contributed by atoms with Crippen molar-refractivity contribution in [2.45, 2.75) is 25.5 Å². The van der Waals surface area contributed by atoms with Crippen LogP contribution in [0.1, 0.15) is 25.0 Å². The summed E-state index contributed by atoms with van der Waals surface area (Å²) in [4.78, 5) is 0. The van der Waals surface area contributed by atoms with Crippen LogP contribution in [0.5, 0.6) is 0 Å². The van der Waals surface area contributed by atoms with Gasteiger partial charge < -0.3 is 10.4 Å². The lowest BCUT2D eigenvalue weighted by atomic mass is 10.1. The van der Waals surface area contributed by atoms with Crippen molar-refractivity contribution in [3.05, 3.63) is 35.4 Å². The second-order valence-corrected chi connectivity index (χ2v) is 3.73. The molecule has 0 bridgehead atoms. The molecule has 0 amide bonds. The summed E-state index contributed by atoms with van der Waals surface area (Å²) < 4.78 is 25.6. The van der Waals surface area contributed by atoms with E-state index in [-0.39, 0.29) is 12.6 Å². The lowest BCUT2D eigenvalue weighted by Crippen LogP contribution is -2.31. The van der Waals surface area contributed by atoms with Gasteiger partial charge in [-0.05, 0) is 24.1 Å². The van der Waals surface area contributed by atoms with E-state index in [0.717, 1.165) is 18.6 Å². The molecule has 0 heterocycles. The quantitative estimate of drug-likeness (QED) is 0.770. The Kier molecular flexibility index (Phi) is 5.08. The van der Waals surface area contributed by atoms with Gasteiger partial charge in [-0.25, -0.2) is 8.78 Å². The lowest BCUT2D eigenvalue weighted by Gasteiger charge is -2.15. The fourth-order valence-corrected chi connectivity index (χ4v) is 1.41. The average molecular weight is 239 g/mol. The first-order chi connectivity index (χ1) is 8.08. The maximum Gasteiger partial charge on any atom is 0.159 e. The molecule has 2 unspecified atom stereocenters. The summed E-state index contributed by atoms with van der Waals surface area (Å²) in [5, 5.41) is 12.7. The van der Waals surface area contributed by atoms with Gasteiger partial charge in [0.05, 0.1) is 12.1 Å². The molecule has 0 aliphatic heterocycles. The molecule has 0 radical (unpaired) electrons. The van der Waals surface area contributed by atoms with Gasteiger partial charge in [-0.2, -0.15) is 0 Å². The predicted octanol–water partition coefficient (Wildman–Crippen LogP) is 2.00. The van der Waals surface area contributed by atoms with Crippen LogP contribution in [0.25, 0.3) is 0 Å². The van der Waals surface area contributed by atoms with Crippen LogP contribution in [0.15, 0.2) is 18.2 Å². The number of hydrogen-bond acceptors (Lipinski definition) is 2. The third kappa shape index (κ3) is 3.81. The van der Waals surface area contributed by atoms with Crippen molar-refractivity contribution in [2.24, 2.45) is 0 Å². The number of benzene rings is 1. The van der Waals surface area contributed by atoms with Crippen molar-refractivity contribution in [3.63, 3.8) is 0 Å². The Morgan fingerprint density at radius 3 is 2.65 bits per heavy atom. The Morgan fingerprint density at radius 1 is 1.41 bits per heavy atom. The van der Waals surface area contributed by atoms with E-state index >= 15 is 0 Å². The Hall–Kier alpha value is -1.44. The lowest BCUT2D eigenvalue weighted by molar-refractivity contribution is 0.171. The highest BCUT2D eigenvalue weighted by Gasteiger charge is 2.12. The van der Waals surface area contributed by atoms with Crippen molar-refractivity contribution < 1.29 is 13.9 Å². The molecule has 0 spiro atoms. The van der Waals surface area contributed by atoms with Crippen LogP contribution in [-0.2, 0) is 0 Å². The standard InChI is InChI=1S/C13H15F2NO/c1-3-10(4-2)16-8-13(17)9-5-6-11(14)12(15)7-9/h1,5-7,10,13,16-17H,4,8H2,2H3. The van der Waals surface area contributed by atoms with E-state index in [1.807, 2.05) is 6.92 Å². The summed E-state index contributed by atoms with van der Waals surface area (Å²) in [5.74, 6) is 0.629. The van der Waals surface area contributed by atoms with E-state index in [4.69, 9.17) is 6.42 Å². The van der Waals surface area contributed by atoms with Gasteiger partial charge in [-0.1, -0.05) is 18.9 Å². The molecule has 0 aliphatic rings. The van der Waals surface area contributed by atoms with Crippen LogP contribution in [-0.4, -0.2) is 17.7 Å². The predicted molar refractivity (Wildman–Crippen MR) is 62.2 cm³/mol. The molecular weight excluding hydrogens is 224 g/mol. The fourth-order valence-electron chi connectivity index (χ4n) is 1.41. The summed E-state index contributed by atoms with van der Waals surface area (Å²) in [6.07, 6.45) is 5.08. The Labute approximate surface area is 99.7 Å². The van der Waals surface area contributed by atoms with Crippen LogP contribution in [0.3, 0.4) is 0 Å². The maximum atomic E-state index is 12.9. The van der Waals surface area contributed by atoms with Gasteiger partial charge in [0.1, 0.15) is 0 Å². The third-order valence-electron chi connectivity index (χ3n) is 2.50. The number of rotatable bonds is 5. The average Bonchev–Trinajstić information content (AvgIpc) is 2.33. The zero-order valence-corrected chi connectivity index (χ0v) is 9.58. The molecule has 0 aromatic heterocycles. The molecule has 4 heteroatoms. The maximum absolute atomic E-state index is 12.9. The summed E-state index contributed by atoms with van der Waals surface area (Å²) in [5.41, 5.74) is 0.322. The monoisotopic (exact) mass is 239 g/mol. The first-order valence-electron chi connectivity index (χ1n) is 5.41. The fraction of sp³-hybridized carbons (Fsp3) is 0.385. The van der Waals surface area contributed by atoms with Crippen LogP contribution in [0.2, 0.25) is 0 Å². The molecule has 17 heavy (non-hydrogen) atoms. The second kappa shape index (κ2) is 6.33. The highest BCUT2D eigenvalue weighted by molar-refractivity contribution is 5.20. The van der Waals surface area contributed by atoms with E-state index in [1.165, 1.54) is 6.07 Å². The number of nitrogens with one attached hydrogen (secondary N) is 1. The molecule has 1 aromatic rings. The molecule has 1 rings (SSSR count). The van der Waals surface area contributed by atoms with Gasteiger partial charge in [-0.15, -0.1) is 6.42 Å². The summed E-state index contributed by atoms with van der Waals surface area (Å²) >= 11 is 0. The second-order valence-electron chi connectivity index (χ2n) is 3.73. The SMILES string of the molecule is C#CC(CC)NCC(O)c1ccc(F)c(F)c1. The number of terminal acetylenes is 1. The number of aliphatic hydroxyl groups excluding tert-OH is 1. The minimum Gasteiger partial charge on any atom is -0.387 e. The van der Waals surface area contributed by atoms with Crippen molar-refractivity contribution in [3.8, 4) is 12.3 Å². The normalized spacial score (nSPS) is 14.1. The van der Waals surface area contributed by atoms with E-state index in [2.05, 4.69) is 11.2 Å². The van der Waals surface area contributed by atoms with Gasteiger partial charge in [0, 0.05) is 6.54 Å². The third-order valence-corrected chi connectivity index (χ3v) is 2.50.